The molecular weight excluding hydrogens is 312 g/mol. The lowest BCUT2D eigenvalue weighted by molar-refractivity contribution is 0.0636. The molecule has 0 atom stereocenters. The molecule has 0 aromatic heterocycles. The molecule has 2 aromatic rings. The molecule has 0 bridgehead atoms. The molecule has 0 unspecified atom stereocenters. The number of hydrogen-bond donors (Lipinski definition) is 2. The van der Waals surface area contributed by atoms with Gasteiger partial charge in [-0.2, -0.15) is 0 Å². The molecule has 2 rings (SSSR count). The van der Waals surface area contributed by atoms with Crippen molar-refractivity contribution in [2.24, 2.45) is 0 Å². The smallest absolute Gasteiger partial charge is 0.412 e. The van der Waals surface area contributed by atoms with E-state index in [0.717, 1.165) is 31.6 Å². The second-order valence-corrected chi connectivity index (χ2v) is 7.06. The molecule has 0 saturated heterocycles. The second-order valence-electron chi connectivity index (χ2n) is 7.06. The molecule has 0 aliphatic heterocycles. The van der Waals surface area contributed by atoms with Crippen molar-refractivity contribution in [2.45, 2.75) is 39.2 Å². The van der Waals surface area contributed by atoms with E-state index < -0.39 is 11.7 Å². The summed E-state index contributed by atoms with van der Waals surface area (Å²) in [4.78, 5) is 11.7. The summed E-state index contributed by atoms with van der Waals surface area (Å²) in [5, 5.41) is 6.21. The standard InChI is InChI=1S/C21H28N2O2/c1-21(2,3)25-20(24)23-19-11-9-18(10-12-19)14-16-22-15-13-17-7-5-4-6-8-17/h4-12,22H,13-16H2,1-3H3,(H,23,24). The highest BCUT2D eigenvalue weighted by Crippen LogP contribution is 2.13. The van der Waals surface area contributed by atoms with Crippen LogP contribution in [0, 0.1) is 0 Å². The topological polar surface area (TPSA) is 50.4 Å². The van der Waals surface area contributed by atoms with Crippen molar-refractivity contribution in [1.82, 2.24) is 5.32 Å². The quantitative estimate of drug-likeness (QED) is 0.734. The molecule has 4 nitrogen and oxygen atoms in total. The van der Waals surface area contributed by atoms with Crippen LogP contribution in [0.15, 0.2) is 54.6 Å². The molecule has 2 N–H and O–H groups in total. The number of carbonyl (C=O) groups is 1. The van der Waals surface area contributed by atoms with Crippen LogP contribution in [0.4, 0.5) is 10.5 Å². The fraction of sp³-hybridized carbons (Fsp3) is 0.381. The van der Waals surface area contributed by atoms with Crippen LogP contribution in [0.2, 0.25) is 0 Å². The van der Waals surface area contributed by atoms with Crippen molar-refractivity contribution in [1.29, 1.82) is 0 Å². The summed E-state index contributed by atoms with van der Waals surface area (Å²) in [7, 11) is 0. The summed E-state index contributed by atoms with van der Waals surface area (Å²) in [6.07, 6.45) is 1.57. The molecule has 0 radical (unpaired) electrons. The van der Waals surface area contributed by atoms with E-state index in [1.54, 1.807) is 0 Å². The first-order valence-corrected chi connectivity index (χ1v) is 8.76. The van der Waals surface area contributed by atoms with Gasteiger partial charge >= 0.3 is 6.09 Å². The first kappa shape index (κ1) is 19.0. The monoisotopic (exact) mass is 340 g/mol. The zero-order valence-electron chi connectivity index (χ0n) is 15.3. The largest absolute Gasteiger partial charge is 0.444 e. The Labute approximate surface area is 150 Å². The van der Waals surface area contributed by atoms with Crippen LogP contribution >= 0.6 is 0 Å². The van der Waals surface area contributed by atoms with Crippen molar-refractivity contribution in [3.8, 4) is 0 Å². The normalized spacial score (nSPS) is 11.2. The van der Waals surface area contributed by atoms with Crippen LogP contribution in [-0.4, -0.2) is 24.8 Å². The van der Waals surface area contributed by atoms with Crippen LogP contribution in [0.1, 0.15) is 31.9 Å². The number of rotatable bonds is 7. The summed E-state index contributed by atoms with van der Waals surface area (Å²) >= 11 is 0. The Morgan fingerprint density at radius 1 is 0.880 bits per heavy atom. The number of anilines is 1. The van der Waals surface area contributed by atoms with Crippen molar-refractivity contribution in [3.05, 3.63) is 65.7 Å². The second kappa shape index (κ2) is 9.23. The molecule has 0 aliphatic rings. The number of benzene rings is 2. The Hall–Kier alpha value is -2.33. The van der Waals surface area contributed by atoms with E-state index in [1.165, 1.54) is 11.1 Å². The van der Waals surface area contributed by atoms with Gasteiger partial charge in [0, 0.05) is 5.69 Å². The number of nitrogens with one attached hydrogen (secondary N) is 2. The van der Waals surface area contributed by atoms with Gasteiger partial charge in [0.2, 0.25) is 0 Å². The minimum Gasteiger partial charge on any atom is -0.444 e. The zero-order valence-corrected chi connectivity index (χ0v) is 15.3. The van der Waals surface area contributed by atoms with E-state index in [4.69, 9.17) is 4.74 Å². The lowest BCUT2D eigenvalue weighted by Crippen LogP contribution is -2.27. The fourth-order valence-corrected chi connectivity index (χ4v) is 2.41. The molecule has 25 heavy (non-hydrogen) atoms. The third-order valence-corrected chi connectivity index (χ3v) is 3.62. The molecular formula is C21H28N2O2. The van der Waals surface area contributed by atoms with Gasteiger partial charge in [0.15, 0.2) is 0 Å². The van der Waals surface area contributed by atoms with E-state index >= 15 is 0 Å². The molecule has 4 heteroatoms. The summed E-state index contributed by atoms with van der Waals surface area (Å²) in [5.41, 5.74) is 2.85. The van der Waals surface area contributed by atoms with Crippen molar-refractivity contribution in [3.63, 3.8) is 0 Å². The van der Waals surface area contributed by atoms with Gasteiger partial charge in [0.05, 0.1) is 0 Å². The Morgan fingerprint density at radius 3 is 2.00 bits per heavy atom. The van der Waals surface area contributed by atoms with Crippen molar-refractivity contribution in [2.75, 3.05) is 18.4 Å². The van der Waals surface area contributed by atoms with Gasteiger partial charge in [-0.25, -0.2) is 4.79 Å². The third-order valence-electron chi connectivity index (χ3n) is 3.62. The Bertz CT molecular complexity index is 646. The number of amides is 1. The van der Waals surface area contributed by atoms with Crippen LogP contribution in [0.25, 0.3) is 0 Å². The van der Waals surface area contributed by atoms with Crippen LogP contribution in [0.3, 0.4) is 0 Å². The van der Waals surface area contributed by atoms with E-state index in [9.17, 15) is 4.79 Å². The van der Waals surface area contributed by atoms with E-state index in [1.807, 2.05) is 51.1 Å². The molecule has 134 valence electrons. The van der Waals surface area contributed by atoms with Crippen molar-refractivity contribution >= 4 is 11.8 Å². The minimum absolute atomic E-state index is 0.428. The lowest BCUT2D eigenvalue weighted by Gasteiger charge is -2.19. The lowest BCUT2D eigenvalue weighted by atomic mass is 10.1. The molecule has 0 heterocycles. The number of carbonyl (C=O) groups excluding carboxylic acids is 1. The maximum atomic E-state index is 11.7. The van der Waals surface area contributed by atoms with Gasteiger partial charge < -0.3 is 10.1 Å². The molecule has 2 aromatic carbocycles. The Balaban J connectivity index is 1.67. The van der Waals surface area contributed by atoms with Crippen LogP contribution < -0.4 is 10.6 Å². The summed E-state index contributed by atoms with van der Waals surface area (Å²) < 4.78 is 5.24. The first-order valence-electron chi connectivity index (χ1n) is 8.76. The third kappa shape index (κ3) is 7.86. The van der Waals surface area contributed by atoms with E-state index in [0.29, 0.717) is 0 Å². The van der Waals surface area contributed by atoms with Gasteiger partial charge in [0.25, 0.3) is 0 Å². The predicted octanol–water partition coefficient (Wildman–Crippen LogP) is 4.41. The van der Waals surface area contributed by atoms with Gasteiger partial charge in [-0.15, -0.1) is 0 Å². The van der Waals surface area contributed by atoms with Gasteiger partial charge in [-0.05, 0) is 70.0 Å². The zero-order chi connectivity index (χ0) is 18.1. The van der Waals surface area contributed by atoms with Crippen LogP contribution in [-0.2, 0) is 17.6 Å². The summed E-state index contributed by atoms with van der Waals surface area (Å²) in [6.45, 7) is 7.45. The van der Waals surface area contributed by atoms with Crippen LogP contribution in [0.5, 0.6) is 0 Å². The molecule has 0 spiro atoms. The first-order chi connectivity index (χ1) is 11.9. The SMILES string of the molecule is CC(C)(C)OC(=O)Nc1ccc(CCNCCc2ccccc2)cc1. The predicted molar refractivity (Wildman–Crippen MR) is 103 cm³/mol. The van der Waals surface area contributed by atoms with E-state index in [2.05, 4.69) is 34.9 Å². The number of ether oxygens (including phenoxy) is 1. The highest BCUT2D eigenvalue weighted by atomic mass is 16.6. The summed E-state index contributed by atoms with van der Waals surface area (Å²) in [5.74, 6) is 0. The Kier molecular flexibility index (Phi) is 7.02. The Morgan fingerprint density at radius 2 is 1.44 bits per heavy atom. The molecule has 1 amide bonds. The maximum absolute atomic E-state index is 11.7. The van der Waals surface area contributed by atoms with E-state index in [-0.39, 0.29) is 0 Å². The highest BCUT2D eigenvalue weighted by molar-refractivity contribution is 5.84. The van der Waals surface area contributed by atoms with Crippen molar-refractivity contribution < 1.29 is 9.53 Å². The maximum Gasteiger partial charge on any atom is 0.412 e. The molecule has 0 saturated carbocycles. The van der Waals surface area contributed by atoms with Gasteiger partial charge in [-0.3, -0.25) is 5.32 Å². The summed E-state index contributed by atoms with van der Waals surface area (Å²) in [6, 6.07) is 18.4. The average molecular weight is 340 g/mol. The minimum atomic E-state index is -0.491. The molecule has 0 aliphatic carbocycles. The van der Waals surface area contributed by atoms with Gasteiger partial charge in [0.1, 0.15) is 5.60 Å². The van der Waals surface area contributed by atoms with Gasteiger partial charge in [-0.1, -0.05) is 42.5 Å². The fourth-order valence-electron chi connectivity index (χ4n) is 2.41. The molecule has 0 fully saturated rings. The number of hydrogen-bond acceptors (Lipinski definition) is 3. The highest BCUT2D eigenvalue weighted by Gasteiger charge is 2.15. The average Bonchev–Trinajstić information content (AvgIpc) is 2.55.